The summed E-state index contributed by atoms with van der Waals surface area (Å²) in [5.41, 5.74) is 4.95. The molecule has 0 spiro atoms. The normalized spacial score (nSPS) is 13.7. The number of benzene rings is 2. The van der Waals surface area contributed by atoms with Crippen LogP contribution in [0.25, 0.3) is 22.5 Å². The molecule has 7 heteroatoms. The topological polar surface area (TPSA) is 95.7 Å². The van der Waals surface area contributed by atoms with Crippen molar-refractivity contribution in [3.05, 3.63) is 78.6 Å². The lowest BCUT2D eigenvalue weighted by Crippen LogP contribution is -2.20. The third-order valence-corrected chi connectivity index (χ3v) is 5.29. The Morgan fingerprint density at radius 1 is 0.875 bits per heavy atom. The van der Waals surface area contributed by atoms with Crippen LogP contribution in [-0.2, 0) is 23.2 Å². The molecule has 1 aliphatic rings. The largest absolute Gasteiger partial charge is 0.478 e. The van der Waals surface area contributed by atoms with Gasteiger partial charge in [-0.2, -0.15) is 0 Å². The summed E-state index contributed by atoms with van der Waals surface area (Å²) in [6, 6.07) is 19.2. The molecule has 2 aromatic carbocycles. The zero-order valence-corrected chi connectivity index (χ0v) is 18.0. The number of carboxylic acids is 2. The molecule has 0 atom stereocenters. The van der Waals surface area contributed by atoms with Crippen LogP contribution in [0.4, 0.5) is 0 Å². The molecule has 0 unspecified atom stereocenters. The summed E-state index contributed by atoms with van der Waals surface area (Å²) in [5.74, 6) is -1.47. The molecule has 166 valence electrons. The van der Waals surface area contributed by atoms with E-state index in [1.54, 1.807) is 0 Å². The van der Waals surface area contributed by atoms with Crippen LogP contribution in [0.2, 0.25) is 0 Å². The van der Waals surface area contributed by atoms with Crippen molar-refractivity contribution in [2.24, 2.45) is 7.05 Å². The molecule has 4 rings (SSSR count). The Balaban J connectivity index is 0.000000312. The van der Waals surface area contributed by atoms with E-state index in [-0.39, 0.29) is 0 Å². The number of rotatable bonds is 6. The van der Waals surface area contributed by atoms with Gasteiger partial charge in [-0.25, -0.2) is 14.6 Å². The smallest absolute Gasteiger partial charge is 0.328 e. The van der Waals surface area contributed by atoms with E-state index in [0.717, 1.165) is 12.4 Å². The van der Waals surface area contributed by atoms with Gasteiger partial charge < -0.3 is 14.8 Å². The van der Waals surface area contributed by atoms with E-state index < -0.39 is 11.9 Å². The Morgan fingerprint density at radius 2 is 1.41 bits per heavy atom. The lowest BCUT2D eigenvalue weighted by atomic mass is 10.0. The van der Waals surface area contributed by atoms with Crippen molar-refractivity contribution in [1.29, 1.82) is 0 Å². The number of imidazole rings is 1. The molecule has 0 amide bonds. The number of hydrogen-bond acceptors (Lipinski definition) is 4. The van der Waals surface area contributed by atoms with Crippen LogP contribution in [-0.4, -0.2) is 49.7 Å². The summed E-state index contributed by atoms with van der Waals surface area (Å²) in [4.78, 5) is 26.3. The fraction of sp³-hybridized carbons (Fsp3) is 0.240. The van der Waals surface area contributed by atoms with Crippen molar-refractivity contribution >= 4 is 11.9 Å². The number of hydrogen-bond donors (Lipinski definition) is 2. The summed E-state index contributed by atoms with van der Waals surface area (Å²) in [5, 5.41) is 15.6. The molecule has 0 bridgehead atoms. The number of carbonyl (C=O) groups is 2. The highest BCUT2D eigenvalue weighted by Gasteiger charge is 2.15. The standard InChI is InChI=1S/C21H23N3.C4H4O4/c1-23-20(16-24-13-5-6-14-24)15-22-21(23)19-11-9-18(10-12-19)17-7-3-2-4-8-17;5-3(6)1-2-4(7)8/h2-4,7-12,15H,5-6,13-14,16H2,1H3;1-2H,(H,5,6)(H,7,8)/b;2-1+. The second-order valence-electron chi connectivity index (χ2n) is 7.57. The lowest BCUT2D eigenvalue weighted by molar-refractivity contribution is -0.134. The van der Waals surface area contributed by atoms with E-state index in [2.05, 4.69) is 70.0 Å². The number of nitrogens with zero attached hydrogens (tertiary/aromatic N) is 3. The second-order valence-corrected chi connectivity index (χ2v) is 7.57. The molecule has 1 fully saturated rings. The molecule has 3 aromatic rings. The van der Waals surface area contributed by atoms with E-state index in [1.807, 2.05) is 12.3 Å². The lowest BCUT2D eigenvalue weighted by Gasteiger charge is -2.15. The molecular weight excluding hydrogens is 406 g/mol. The molecule has 0 saturated carbocycles. The Hall–Kier alpha value is -3.71. The van der Waals surface area contributed by atoms with Gasteiger partial charge >= 0.3 is 11.9 Å². The van der Waals surface area contributed by atoms with Crippen molar-refractivity contribution in [1.82, 2.24) is 14.5 Å². The summed E-state index contributed by atoms with van der Waals surface area (Å²) in [6.45, 7) is 3.43. The first kappa shape index (κ1) is 23.0. The molecule has 0 aliphatic carbocycles. The molecule has 0 radical (unpaired) electrons. The van der Waals surface area contributed by atoms with Gasteiger partial charge in [-0.15, -0.1) is 0 Å². The van der Waals surface area contributed by atoms with Crippen molar-refractivity contribution in [2.45, 2.75) is 19.4 Å². The van der Waals surface area contributed by atoms with E-state index in [0.29, 0.717) is 12.2 Å². The van der Waals surface area contributed by atoms with Crippen molar-refractivity contribution < 1.29 is 19.8 Å². The Labute approximate surface area is 187 Å². The Bertz CT molecular complexity index is 1050. The van der Waals surface area contributed by atoms with Crippen LogP contribution in [0.1, 0.15) is 18.5 Å². The Morgan fingerprint density at radius 3 is 1.97 bits per heavy atom. The van der Waals surface area contributed by atoms with Gasteiger partial charge in [0.05, 0.1) is 11.9 Å². The van der Waals surface area contributed by atoms with Gasteiger partial charge in [0.15, 0.2) is 0 Å². The average Bonchev–Trinajstić information content (AvgIpc) is 3.44. The summed E-state index contributed by atoms with van der Waals surface area (Å²) < 4.78 is 2.23. The third-order valence-electron chi connectivity index (χ3n) is 5.29. The first-order chi connectivity index (χ1) is 15.4. The molecular formula is C25H27N3O4. The predicted octanol–water partition coefficient (Wildman–Crippen LogP) is 4.06. The maximum Gasteiger partial charge on any atom is 0.328 e. The zero-order valence-electron chi connectivity index (χ0n) is 18.0. The van der Waals surface area contributed by atoms with E-state index in [1.165, 1.54) is 48.3 Å². The van der Waals surface area contributed by atoms with Gasteiger partial charge in [0, 0.05) is 31.3 Å². The monoisotopic (exact) mass is 433 g/mol. The first-order valence-corrected chi connectivity index (χ1v) is 10.5. The minimum atomic E-state index is -1.26. The van der Waals surface area contributed by atoms with E-state index in [4.69, 9.17) is 10.2 Å². The van der Waals surface area contributed by atoms with Gasteiger partial charge in [-0.05, 0) is 37.1 Å². The molecule has 1 saturated heterocycles. The fourth-order valence-electron chi connectivity index (χ4n) is 3.61. The fourth-order valence-corrected chi connectivity index (χ4v) is 3.61. The summed E-state index contributed by atoms with van der Waals surface area (Å²) >= 11 is 0. The highest BCUT2D eigenvalue weighted by molar-refractivity contribution is 5.89. The average molecular weight is 434 g/mol. The maximum absolute atomic E-state index is 9.55. The molecule has 1 aliphatic heterocycles. The van der Waals surface area contributed by atoms with Crippen LogP contribution < -0.4 is 0 Å². The molecule has 7 nitrogen and oxygen atoms in total. The van der Waals surface area contributed by atoms with Crippen LogP contribution >= 0.6 is 0 Å². The van der Waals surface area contributed by atoms with Crippen LogP contribution in [0.15, 0.2) is 72.9 Å². The molecule has 2 N–H and O–H groups in total. The van der Waals surface area contributed by atoms with Gasteiger partial charge in [0.1, 0.15) is 5.82 Å². The van der Waals surface area contributed by atoms with Crippen LogP contribution in [0.3, 0.4) is 0 Å². The van der Waals surface area contributed by atoms with Gasteiger partial charge in [-0.1, -0.05) is 54.6 Å². The molecule has 1 aromatic heterocycles. The summed E-state index contributed by atoms with van der Waals surface area (Å²) in [7, 11) is 2.12. The van der Waals surface area contributed by atoms with Crippen LogP contribution in [0.5, 0.6) is 0 Å². The van der Waals surface area contributed by atoms with Gasteiger partial charge in [0.25, 0.3) is 0 Å². The van der Waals surface area contributed by atoms with Gasteiger partial charge in [0.2, 0.25) is 0 Å². The second kappa shape index (κ2) is 11.1. The number of carboxylic acid groups (broad SMARTS) is 2. The maximum atomic E-state index is 9.55. The Kier molecular flexibility index (Phi) is 7.94. The quantitative estimate of drug-likeness (QED) is 0.569. The highest BCUT2D eigenvalue weighted by Crippen LogP contribution is 2.25. The first-order valence-electron chi connectivity index (χ1n) is 10.5. The number of likely N-dealkylation sites (tertiary alicyclic amines) is 1. The number of aromatic nitrogens is 2. The minimum absolute atomic E-state index is 0.558. The molecule has 32 heavy (non-hydrogen) atoms. The van der Waals surface area contributed by atoms with Crippen molar-refractivity contribution in [2.75, 3.05) is 13.1 Å². The zero-order chi connectivity index (χ0) is 22.9. The highest BCUT2D eigenvalue weighted by atomic mass is 16.4. The van der Waals surface area contributed by atoms with Crippen molar-refractivity contribution in [3.8, 4) is 22.5 Å². The minimum Gasteiger partial charge on any atom is -0.478 e. The van der Waals surface area contributed by atoms with E-state index >= 15 is 0 Å². The SMILES string of the molecule is Cn1c(CN2CCCC2)cnc1-c1ccc(-c2ccccc2)cc1.O=C(O)/C=C/C(=O)O. The van der Waals surface area contributed by atoms with Crippen LogP contribution in [0, 0.1) is 0 Å². The third kappa shape index (κ3) is 6.39. The predicted molar refractivity (Wildman–Crippen MR) is 123 cm³/mol. The summed E-state index contributed by atoms with van der Waals surface area (Å²) in [6.07, 6.45) is 5.79. The van der Waals surface area contributed by atoms with E-state index in [9.17, 15) is 9.59 Å². The molecule has 2 heterocycles. The van der Waals surface area contributed by atoms with Crippen molar-refractivity contribution in [3.63, 3.8) is 0 Å². The number of aliphatic carboxylic acids is 2. The van der Waals surface area contributed by atoms with Gasteiger partial charge in [-0.3, -0.25) is 4.90 Å².